The third-order valence-electron chi connectivity index (χ3n) is 13.5. The number of fused-ring (bicyclic) bond motifs is 7. The Kier molecular flexibility index (Phi) is 9.33. The van der Waals surface area contributed by atoms with Crippen molar-refractivity contribution in [2.45, 2.75) is 129 Å². The lowest BCUT2D eigenvalue weighted by atomic mass is 9.43. The van der Waals surface area contributed by atoms with Gasteiger partial charge in [0.2, 0.25) is 0 Å². The van der Waals surface area contributed by atoms with Crippen LogP contribution in [0.25, 0.3) is 0 Å². The number of rotatable bonds is 8. The van der Waals surface area contributed by atoms with Gasteiger partial charge in [0.15, 0.2) is 0 Å². The van der Waals surface area contributed by atoms with Crippen LogP contribution in [0.1, 0.15) is 103 Å². The molecule has 1 aromatic rings. The smallest absolute Gasteiger partial charge is 0.338 e. The maximum Gasteiger partial charge on any atom is 0.338 e. The Balaban J connectivity index is 1.28. The van der Waals surface area contributed by atoms with Crippen LogP contribution < -0.4 is 0 Å². The Morgan fingerprint density at radius 2 is 1.70 bits per heavy atom. The van der Waals surface area contributed by atoms with Gasteiger partial charge in [-0.15, -0.1) is 0 Å². The van der Waals surface area contributed by atoms with Gasteiger partial charge >= 0.3 is 17.9 Å². The van der Waals surface area contributed by atoms with E-state index in [9.17, 15) is 24.6 Å². The first-order chi connectivity index (χ1) is 22.2. The van der Waals surface area contributed by atoms with Crippen molar-refractivity contribution in [1.82, 2.24) is 0 Å². The fourth-order valence-corrected chi connectivity index (χ4v) is 11.4. The van der Waals surface area contributed by atoms with Crippen LogP contribution in [0.2, 0.25) is 0 Å². The van der Waals surface area contributed by atoms with E-state index in [1.54, 1.807) is 31.2 Å². The van der Waals surface area contributed by atoms with E-state index in [1.807, 2.05) is 6.07 Å². The zero-order chi connectivity index (χ0) is 33.9. The summed E-state index contributed by atoms with van der Waals surface area (Å²) < 4.78 is 25.0. The number of aliphatic hydroxyl groups is 2. The lowest BCUT2D eigenvalue weighted by Gasteiger charge is -2.62. The molecule has 1 aromatic carbocycles. The van der Waals surface area contributed by atoms with Crippen LogP contribution in [-0.4, -0.2) is 70.8 Å². The summed E-state index contributed by atoms with van der Waals surface area (Å²) in [5.41, 5.74) is -1.30. The molecule has 5 aliphatic rings. The van der Waals surface area contributed by atoms with E-state index in [-0.39, 0.29) is 59.3 Å². The minimum Gasteiger partial charge on any atom is -0.463 e. The van der Waals surface area contributed by atoms with Crippen molar-refractivity contribution in [3.8, 4) is 0 Å². The van der Waals surface area contributed by atoms with Crippen molar-refractivity contribution in [3.05, 3.63) is 35.9 Å². The van der Waals surface area contributed by atoms with Gasteiger partial charge in [0.05, 0.1) is 30.0 Å². The summed E-state index contributed by atoms with van der Waals surface area (Å²) in [5, 5.41) is 20.9. The number of carbonyl (C=O) groups excluding carboxylic acids is 3. The van der Waals surface area contributed by atoms with Gasteiger partial charge < -0.3 is 29.2 Å². The largest absolute Gasteiger partial charge is 0.463 e. The van der Waals surface area contributed by atoms with Crippen LogP contribution in [0.5, 0.6) is 0 Å². The van der Waals surface area contributed by atoms with Crippen molar-refractivity contribution in [1.29, 1.82) is 0 Å². The van der Waals surface area contributed by atoms with Gasteiger partial charge in [-0.2, -0.15) is 0 Å². The monoisotopic (exact) mass is 654 g/mol. The highest BCUT2D eigenvalue weighted by Gasteiger charge is 2.70. The first kappa shape index (κ1) is 34.4. The first-order valence-corrected chi connectivity index (χ1v) is 17.8. The summed E-state index contributed by atoms with van der Waals surface area (Å²) in [6.45, 7) is 10.9. The van der Waals surface area contributed by atoms with E-state index < -0.39 is 30.4 Å². The Bertz CT molecular complexity index is 1330. The van der Waals surface area contributed by atoms with E-state index in [1.165, 1.54) is 13.8 Å². The van der Waals surface area contributed by atoms with E-state index in [2.05, 4.69) is 20.8 Å². The topological polar surface area (TPSA) is 129 Å². The van der Waals surface area contributed by atoms with Crippen molar-refractivity contribution < 1.29 is 43.5 Å². The molecule has 9 nitrogen and oxygen atoms in total. The minimum atomic E-state index is -1.46. The molecule has 1 heterocycles. The summed E-state index contributed by atoms with van der Waals surface area (Å²) in [6, 6.07) is 8.79. The molecular weight excluding hydrogens is 600 g/mol. The maximum atomic E-state index is 13.3. The zero-order valence-corrected chi connectivity index (χ0v) is 28.9. The summed E-state index contributed by atoms with van der Waals surface area (Å²) in [5.74, 6) is 0.660. The summed E-state index contributed by atoms with van der Waals surface area (Å²) >= 11 is 0. The number of ether oxygens (including phenoxy) is 4. The third-order valence-corrected chi connectivity index (χ3v) is 13.5. The molecule has 1 aliphatic heterocycles. The van der Waals surface area contributed by atoms with Crippen LogP contribution in [0.4, 0.5) is 0 Å². The Morgan fingerprint density at radius 1 is 1.00 bits per heavy atom. The second-order valence-electron chi connectivity index (χ2n) is 16.3. The second kappa shape index (κ2) is 12.8. The van der Waals surface area contributed by atoms with Gasteiger partial charge in [0.1, 0.15) is 18.3 Å². The second-order valence-corrected chi connectivity index (χ2v) is 16.3. The molecule has 9 heteroatoms. The SMILES string of the molecule is CC(=O)O[C@H]1CC[C@@]2(C)[C@@H](CC[C@@H]3[C@@H]2C[C@@H](OC(C)=O)[C@]2(C)[C@H]4[C@H](C)[C@@H]([C@@H](C[C@@](C)(O)CO)OC(=O)c5ccccc5)O[C@H]4C[C@@H]32)C1. The summed E-state index contributed by atoms with van der Waals surface area (Å²) in [7, 11) is 0. The van der Waals surface area contributed by atoms with Crippen LogP contribution in [0.3, 0.4) is 0 Å². The normalized spacial score (nSPS) is 42.5. The van der Waals surface area contributed by atoms with Gasteiger partial charge in [0, 0.05) is 25.7 Å². The first-order valence-electron chi connectivity index (χ1n) is 17.8. The Hall–Kier alpha value is -2.49. The van der Waals surface area contributed by atoms with Crippen molar-refractivity contribution in [2.75, 3.05) is 6.61 Å². The van der Waals surface area contributed by atoms with E-state index in [0.29, 0.717) is 29.2 Å². The molecule has 0 aromatic heterocycles. The molecule has 0 unspecified atom stereocenters. The lowest BCUT2D eigenvalue weighted by molar-refractivity contribution is -0.198. The predicted octanol–water partition coefficient (Wildman–Crippen LogP) is 5.49. The number of hydrogen-bond donors (Lipinski definition) is 2. The van der Waals surface area contributed by atoms with Crippen molar-refractivity contribution in [2.24, 2.45) is 46.3 Å². The van der Waals surface area contributed by atoms with E-state index in [0.717, 1.165) is 44.9 Å². The fourth-order valence-electron chi connectivity index (χ4n) is 11.4. The molecule has 260 valence electrons. The highest BCUT2D eigenvalue weighted by molar-refractivity contribution is 5.89. The summed E-state index contributed by atoms with van der Waals surface area (Å²) in [4.78, 5) is 37.7. The van der Waals surface area contributed by atoms with Crippen LogP contribution >= 0.6 is 0 Å². The number of aliphatic hydroxyl groups excluding tert-OH is 1. The molecule has 4 saturated carbocycles. The number of esters is 3. The van der Waals surface area contributed by atoms with Gasteiger partial charge in [-0.05, 0) is 105 Å². The molecule has 47 heavy (non-hydrogen) atoms. The predicted molar refractivity (Wildman–Crippen MR) is 173 cm³/mol. The summed E-state index contributed by atoms with van der Waals surface area (Å²) in [6.07, 6.45) is 4.94. The van der Waals surface area contributed by atoms with Gasteiger partial charge in [0.25, 0.3) is 0 Å². The molecular formula is C38H54O9. The average molecular weight is 655 g/mol. The number of benzene rings is 1. The van der Waals surface area contributed by atoms with Crippen LogP contribution in [0.15, 0.2) is 30.3 Å². The molecule has 0 amide bonds. The highest BCUT2D eigenvalue weighted by Crippen LogP contribution is 2.70. The number of carbonyl (C=O) groups is 3. The standard InChI is InChI=1S/C38H54O9/c1-21-33-30(46-34(21)31(19-36(4,43)20-39)47-35(42)24-10-8-7-9-11-24)17-29-27-13-12-25-16-26(44-22(2)40)14-15-37(25,5)28(27)18-32(38(29,33)6)45-23(3)41/h7-11,21,25-34,39,43H,12-20H2,1-6H3/t21-,25-,26-,27+,28-,29-,30-,31+,32+,33-,34-,36+,37-,38+/m0/s1. The fraction of sp³-hybridized carbons (Fsp3) is 0.763. The molecule has 6 rings (SSSR count). The molecule has 1 saturated heterocycles. The molecule has 14 atom stereocenters. The third kappa shape index (κ3) is 6.14. The van der Waals surface area contributed by atoms with E-state index >= 15 is 0 Å². The van der Waals surface area contributed by atoms with Gasteiger partial charge in [-0.3, -0.25) is 9.59 Å². The molecule has 2 N–H and O–H groups in total. The van der Waals surface area contributed by atoms with Crippen LogP contribution in [0, 0.1) is 46.3 Å². The lowest BCUT2D eigenvalue weighted by Crippen LogP contribution is -2.60. The molecule has 0 bridgehead atoms. The Labute approximate surface area is 279 Å². The molecule has 4 aliphatic carbocycles. The zero-order valence-electron chi connectivity index (χ0n) is 28.9. The molecule has 0 radical (unpaired) electrons. The minimum absolute atomic E-state index is 0.0205. The highest BCUT2D eigenvalue weighted by atomic mass is 16.6. The number of hydrogen-bond acceptors (Lipinski definition) is 9. The molecule has 0 spiro atoms. The quantitative estimate of drug-likeness (QED) is 0.276. The Morgan fingerprint density at radius 3 is 2.36 bits per heavy atom. The van der Waals surface area contributed by atoms with Gasteiger partial charge in [-0.1, -0.05) is 39.0 Å². The molecule has 5 fully saturated rings. The average Bonchev–Trinajstić information content (AvgIpc) is 3.51. The maximum absolute atomic E-state index is 13.3. The van der Waals surface area contributed by atoms with Gasteiger partial charge in [-0.25, -0.2) is 4.79 Å². The van der Waals surface area contributed by atoms with E-state index in [4.69, 9.17) is 18.9 Å². The van der Waals surface area contributed by atoms with Crippen molar-refractivity contribution >= 4 is 17.9 Å². The van der Waals surface area contributed by atoms with Crippen molar-refractivity contribution in [3.63, 3.8) is 0 Å². The van der Waals surface area contributed by atoms with Crippen LogP contribution in [-0.2, 0) is 28.5 Å².